The molecule has 0 atom stereocenters. The van der Waals surface area contributed by atoms with Gasteiger partial charge >= 0.3 is 0 Å². The molecule has 0 unspecified atom stereocenters. The zero-order chi connectivity index (χ0) is 10.3. The summed E-state index contributed by atoms with van der Waals surface area (Å²) in [5, 5.41) is 0. The van der Waals surface area contributed by atoms with Crippen molar-refractivity contribution < 1.29 is 8.78 Å². The molecule has 1 aromatic carbocycles. The van der Waals surface area contributed by atoms with Gasteiger partial charge in [0.05, 0.1) is 11.0 Å². The summed E-state index contributed by atoms with van der Waals surface area (Å²) >= 11 is 0. The molecule has 2 rings (SSSR count). The fourth-order valence-corrected chi connectivity index (χ4v) is 1.27. The molecular formula is C10H8F2N2. The molecule has 0 bridgehead atoms. The lowest BCUT2D eigenvalue weighted by atomic mass is 10.1. The number of aromatic nitrogens is 2. The average molecular weight is 194 g/mol. The van der Waals surface area contributed by atoms with Gasteiger partial charge in [-0.25, -0.2) is 9.97 Å². The monoisotopic (exact) mass is 194 g/mol. The molecule has 4 heteroatoms. The van der Waals surface area contributed by atoms with Crippen molar-refractivity contribution in [1.29, 1.82) is 0 Å². The van der Waals surface area contributed by atoms with Gasteiger partial charge in [-0.3, -0.25) is 0 Å². The average Bonchev–Trinajstić information content (AvgIpc) is 2.11. The predicted octanol–water partition coefficient (Wildman–Crippen LogP) is 2.52. The van der Waals surface area contributed by atoms with Crippen LogP contribution in [0.1, 0.15) is 11.1 Å². The first-order valence-corrected chi connectivity index (χ1v) is 4.18. The molecule has 0 spiro atoms. The second-order valence-corrected chi connectivity index (χ2v) is 3.23. The van der Waals surface area contributed by atoms with E-state index in [0.717, 1.165) is 11.1 Å². The molecule has 0 N–H and O–H groups in total. The van der Waals surface area contributed by atoms with Crippen LogP contribution in [-0.4, -0.2) is 9.97 Å². The second-order valence-electron chi connectivity index (χ2n) is 3.23. The highest BCUT2D eigenvalue weighted by molar-refractivity contribution is 5.75. The Morgan fingerprint density at radius 3 is 1.57 bits per heavy atom. The third-order valence-electron chi connectivity index (χ3n) is 2.20. The Labute approximate surface area is 79.6 Å². The van der Waals surface area contributed by atoms with Gasteiger partial charge < -0.3 is 0 Å². The van der Waals surface area contributed by atoms with Crippen LogP contribution in [0.2, 0.25) is 0 Å². The predicted molar refractivity (Wildman–Crippen MR) is 48.9 cm³/mol. The van der Waals surface area contributed by atoms with Gasteiger partial charge in [0.1, 0.15) is 0 Å². The maximum Gasteiger partial charge on any atom is 0.269 e. The minimum Gasteiger partial charge on any atom is -0.214 e. The number of benzene rings is 1. The van der Waals surface area contributed by atoms with E-state index in [2.05, 4.69) is 9.97 Å². The summed E-state index contributed by atoms with van der Waals surface area (Å²) in [5.74, 6) is -2.30. The summed E-state index contributed by atoms with van der Waals surface area (Å²) in [7, 11) is 0. The highest BCUT2D eigenvalue weighted by Crippen LogP contribution is 2.16. The van der Waals surface area contributed by atoms with Crippen LogP contribution in [0, 0.1) is 25.7 Å². The van der Waals surface area contributed by atoms with Gasteiger partial charge in [0.25, 0.3) is 11.9 Å². The topological polar surface area (TPSA) is 25.8 Å². The third-order valence-corrected chi connectivity index (χ3v) is 2.20. The fraction of sp³-hybridized carbons (Fsp3) is 0.200. The number of hydrogen-bond acceptors (Lipinski definition) is 2. The van der Waals surface area contributed by atoms with Crippen molar-refractivity contribution in [1.82, 2.24) is 9.97 Å². The Bertz CT molecular complexity index is 420. The highest BCUT2D eigenvalue weighted by Gasteiger charge is 2.08. The van der Waals surface area contributed by atoms with Crippen LogP contribution in [0.3, 0.4) is 0 Å². The molecule has 1 aromatic heterocycles. The summed E-state index contributed by atoms with van der Waals surface area (Å²) in [6.07, 6.45) is 0. The van der Waals surface area contributed by atoms with Crippen molar-refractivity contribution in [3.8, 4) is 0 Å². The number of hydrogen-bond donors (Lipinski definition) is 0. The number of nitrogens with zero attached hydrogens (tertiary/aromatic N) is 2. The number of aryl methyl sites for hydroxylation is 2. The van der Waals surface area contributed by atoms with Crippen LogP contribution >= 0.6 is 0 Å². The van der Waals surface area contributed by atoms with E-state index in [1.807, 2.05) is 13.8 Å². The molecular weight excluding hydrogens is 186 g/mol. The molecule has 0 fully saturated rings. The van der Waals surface area contributed by atoms with E-state index in [4.69, 9.17) is 0 Å². The van der Waals surface area contributed by atoms with E-state index in [0.29, 0.717) is 11.0 Å². The summed E-state index contributed by atoms with van der Waals surface area (Å²) in [4.78, 5) is 6.95. The van der Waals surface area contributed by atoms with Gasteiger partial charge in [0, 0.05) is 0 Å². The molecule has 0 aliphatic rings. The van der Waals surface area contributed by atoms with Crippen LogP contribution in [0.5, 0.6) is 0 Å². The molecule has 2 aromatic rings. The van der Waals surface area contributed by atoms with Crippen LogP contribution in [0.15, 0.2) is 12.1 Å². The van der Waals surface area contributed by atoms with Gasteiger partial charge in [0.15, 0.2) is 0 Å². The first kappa shape index (κ1) is 8.99. The standard InChI is InChI=1S/C10H8F2N2/c1-5-3-7-8(4-6(5)2)14-10(12)9(11)13-7/h3-4H,1-2H3. The van der Waals surface area contributed by atoms with Crippen LogP contribution < -0.4 is 0 Å². The van der Waals surface area contributed by atoms with Crippen molar-refractivity contribution >= 4 is 11.0 Å². The number of rotatable bonds is 0. The lowest BCUT2D eigenvalue weighted by Crippen LogP contribution is -1.96. The quantitative estimate of drug-likeness (QED) is 0.644. The van der Waals surface area contributed by atoms with Crippen molar-refractivity contribution in [2.75, 3.05) is 0 Å². The van der Waals surface area contributed by atoms with Crippen LogP contribution in [0.4, 0.5) is 8.78 Å². The number of halogens is 2. The van der Waals surface area contributed by atoms with Crippen LogP contribution in [-0.2, 0) is 0 Å². The van der Waals surface area contributed by atoms with E-state index in [1.54, 1.807) is 12.1 Å². The van der Waals surface area contributed by atoms with E-state index < -0.39 is 11.9 Å². The van der Waals surface area contributed by atoms with Crippen molar-refractivity contribution in [2.45, 2.75) is 13.8 Å². The molecule has 2 nitrogen and oxygen atoms in total. The van der Waals surface area contributed by atoms with E-state index in [-0.39, 0.29) is 0 Å². The van der Waals surface area contributed by atoms with Gasteiger partial charge in [-0.1, -0.05) is 0 Å². The van der Waals surface area contributed by atoms with Crippen molar-refractivity contribution in [3.05, 3.63) is 35.2 Å². The molecule has 0 amide bonds. The first-order chi connectivity index (χ1) is 6.58. The zero-order valence-electron chi connectivity index (χ0n) is 7.81. The Balaban J connectivity index is 2.83. The Morgan fingerprint density at radius 1 is 0.857 bits per heavy atom. The van der Waals surface area contributed by atoms with Crippen LogP contribution in [0.25, 0.3) is 11.0 Å². The lowest BCUT2D eigenvalue weighted by molar-refractivity contribution is 0.459. The van der Waals surface area contributed by atoms with Gasteiger partial charge in [-0.2, -0.15) is 8.78 Å². The number of fused-ring (bicyclic) bond motifs is 1. The van der Waals surface area contributed by atoms with E-state index in [1.165, 1.54) is 0 Å². The largest absolute Gasteiger partial charge is 0.269 e. The molecule has 1 heterocycles. The molecule has 0 radical (unpaired) electrons. The van der Waals surface area contributed by atoms with Gasteiger partial charge in [-0.05, 0) is 37.1 Å². The van der Waals surface area contributed by atoms with E-state index >= 15 is 0 Å². The minimum atomic E-state index is -1.15. The summed E-state index contributed by atoms with van der Waals surface area (Å²) in [6.45, 7) is 3.77. The zero-order valence-corrected chi connectivity index (χ0v) is 7.81. The normalized spacial score (nSPS) is 10.9. The molecule has 0 aliphatic heterocycles. The fourth-order valence-electron chi connectivity index (χ4n) is 1.27. The van der Waals surface area contributed by atoms with Gasteiger partial charge in [-0.15, -0.1) is 0 Å². The first-order valence-electron chi connectivity index (χ1n) is 4.18. The maximum atomic E-state index is 12.7. The molecule has 0 saturated carbocycles. The molecule has 0 saturated heterocycles. The highest BCUT2D eigenvalue weighted by atomic mass is 19.2. The minimum absolute atomic E-state index is 0.381. The lowest BCUT2D eigenvalue weighted by Gasteiger charge is -2.02. The van der Waals surface area contributed by atoms with Crippen molar-refractivity contribution in [2.24, 2.45) is 0 Å². The SMILES string of the molecule is Cc1cc2nc(F)c(F)nc2cc1C. The third kappa shape index (κ3) is 1.32. The summed E-state index contributed by atoms with van der Waals surface area (Å²) in [6, 6.07) is 3.39. The second kappa shape index (κ2) is 2.97. The molecule has 0 aliphatic carbocycles. The van der Waals surface area contributed by atoms with E-state index in [9.17, 15) is 8.78 Å². The molecule has 72 valence electrons. The Kier molecular flexibility index (Phi) is 1.91. The maximum absolute atomic E-state index is 12.7. The molecule has 14 heavy (non-hydrogen) atoms. The Hall–Kier alpha value is -1.58. The Morgan fingerprint density at radius 2 is 1.21 bits per heavy atom. The van der Waals surface area contributed by atoms with Gasteiger partial charge in [0.2, 0.25) is 0 Å². The smallest absolute Gasteiger partial charge is 0.214 e. The van der Waals surface area contributed by atoms with Crippen molar-refractivity contribution in [3.63, 3.8) is 0 Å². The summed E-state index contributed by atoms with van der Waals surface area (Å²) in [5.41, 5.74) is 2.73. The summed E-state index contributed by atoms with van der Waals surface area (Å²) < 4.78 is 25.5.